The number of thiophene rings is 1. The number of aromatic nitrogens is 1. The maximum atomic E-state index is 13.1. The quantitative estimate of drug-likeness (QED) is 0.751. The van der Waals surface area contributed by atoms with Gasteiger partial charge < -0.3 is 9.80 Å². The Balaban J connectivity index is 1.66. The number of carbonyl (C=O) groups excluding carboxylic acids is 2. The zero-order chi connectivity index (χ0) is 18.5. The molecule has 3 rings (SSSR count). The fourth-order valence-electron chi connectivity index (χ4n) is 3.33. The third-order valence-electron chi connectivity index (χ3n) is 4.54. The molecule has 0 bridgehead atoms. The summed E-state index contributed by atoms with van der Waals surface area (Å²) in [4.78, 5) is 33.2. The summed E-state index contributed by atoms with van der Waals surface area (Å²) in [7, 11) is 0. The van der Waals surface area contributed by atoms with Crippen molar-refractivity contribution in [2.24, 2.45) is 11.8 Å². The zero-order valence-electron chi connectivity index (χ0n) is 15.3. The Morgan fingerprint density at radius 2 is 2.08 bits per heavy atom. The summed E-state index contributed by atoms with van der Waals surface area (Å²) in [6, 6.07) is 5.87. The molecule has 5 nitrogen and oxygen atoms in total. The highest BCUT2D eigenvalue weighted by atomic mass is 32.1. The first kappa shape index (κ1) is 18.6. The Morgan fingerprint density at radius 1 is 1.31 bits per heavy atom. The van der Waals surface area contributed by atoms with Gasteiger partial charge in [-0.1, -0.05) is 13.8 Å². The van der Waals surface area contributed by atoms with Gasteiger partial charge in [-0.15, -0.1) is 0 Å². The molecule has 0 aromatic carbocycles. The normalized spacial score (nSPS) is 17.1. The molecule has 2 aromatic rings. The molecule has 3 heterocycles. The van der Waals surface area contributed by atoms with E-state index in [0.29, 0.717) is 38.5 Å². The number of nitrogens with zero attached hydrogens (tertiary/aromatic N) is 3. The summed E-state index contributed by atoms with van der Waals surface area (Å²) in [5.74, 6) is 0.292. The van der Waals surface area contributed by atoms with Crippen molar-refractivity contribution in [3.8, 4) is 0 Å². The second-order valence-corrected chi connectivity index (χ2v) is 8.06. The summed E-state index contributed by atoms with van der Waals surface area (Å²) in [5, 5.41) is 4.11. The van der Waals surface area contributed by atoms with E-state index in [-0.39, 0.29) is 17.7 Å². The van der Waals surface area contributed by atoms with Gasteiger partial charge in [0, 0.05) is 45.0 Å². The topological polar surface area (TPSA) is 53.5 Å². The summed E-state index contributed by atoms with van der Waals surface area (Å²) in [6.07, 6.45) is 3.76. The summed E-state index contributed by atoms with van der Waals surface area (Å²) in [5.41, 5.74) is 2.20. The van der Waals surface area contributed by atoms with Crippen LogP contribution in [0.15, 0.2) is 41.4 Å². The zero-order valence-corrected chi connectivity index (χ0v) is 16.1. The van der Waals surface area contributed by atoms with Gasteiger partial charge in [0.25, 0.3) is 0 Å². The molecule has 0 spiro atoms. The molecule has 26 heavy (non-hydrogen) atoms. The molecule has 138 valence electrons. The Bertz CT molecular complexity index is 731. The summed E-state index contributed by atoms with van der Waals surface area (Å²) >= 11 is 1.64. The lowest BCUT2D eigenvalue weighted by molar-refractivity contribution is -0.137. The van der Waals surface area contributed by atoms with E-state index >= 15 is 0 Å². The lowest BCUT2D eigenvalue weighted by atomic mass is 10.1. The highest BCUT2D eigenvalue weighted by Gasteiger charge is 2.36. The number of amides is 2. The minimum atomic E-state index is -0.248. The van der Waals surface area contributed by atoms with Gasteiger partial charge in [0.1, 0.15) is 0 Å². The van der Waals surface area contributed by atoms with Crippen LogP contribution in [0.5, 0.6) is 0 Å². The molecule has 0 aliphatic carbocycles. The van der Waals surface area contributed by atoms with Crippen LogP contribution < -0.4 is 0 Å². The molecule has 2 aromatic heterocycles. The number of hydrogen-bond acceptors (Lipinski definition) is 4. The van der Waals surface area contributed by atoms with E-state index in [1.165, 1.54) is 0 Å². The number of hydrogen-bond donors (Lipinski definition) is 0. The largest absolute Gasteiger partial charge is 0.338 e. The molecule has 0 radical (unpaired) electrons. The Morgan fingerprint density at radius 3 is 2.73 bits per heavy atom. The fraction of sp³-hybridized carbons (Fsp3) is 0.450. The van der Waals surface area contributed by atoms with Crippen LogP contribution in [-0.4, -0.2) is 39.7 Å². The maximum absolute atomic E-state index is 13.1. The van der Waals surface area contributed by atoms with Crippen molar-refractivity contribution in [3.05, 3.63) is 52.5 Å². The smallest absolute Gasteiger partial charge is 0.228 e. The first-order chi connectivity index (χ1) is 12.5. The highest BCUT2D eigenvalue weighted by Crippen LogP contribution is 2.24. The molecule has 1 aliphatic heterocycles. The molecular weight excluding hydrogens is 346 g/mol. The van der Waals surface area contributed by atoms with E-state index in [1.54, 1.807) is 28.6 Å². The molecular formula is C20H25N3O2S. The van der Waals surface area contributed by atoms with Crippen molar-refractivity contribution in [2.75, 3.05) is 13.1 Å². The molecule has 0 unspecified atom stereocenters. The number of rotatable bonds is 7. The predicted octanol–water partition coefficient (Wildman–Crippen LogP) is 3.18. The van der Waals surface area contributed by atoms with Crippen molar-refractivity contribution >= 4 is 23.2 Å². The fourth-order valence-corrected chi connectivity index (χ4v) is 3.99. The van der Waals surface area contributed by atoms with Crippen LogP contribution in [-0.2, 0) is 22.7 Å². The number of carbonyl (C=O) groups is 2. The lowest BCUT2D eigenvalue weighted by Gasteiger charge is -2.27. The number of pyridine rings is 1. The van der Waals surface area contributed by atoms with Gasteiger partial charge in [0.15, 0.2) is 0 Å². The van der Waals surface area contributed by atoms with Crippen molar-refractivity contribution in [1.29, 1.82) is 0 Å². The summed E-state index contributed by atoms with van der Waals surface area (Å²) < 4.78 is 0. The highest BCUT2D eigenvalue weighted by molar-refractivity contribution is 7.07. The second-order valence-electron chi connectivity index (χ2n) is 7.27. The second kappa shape index (κ2) is 8.45. The SMILES string of the molecule is CC(C)CN(Cc1ccsc1)C(=O)[C@H]1CC(=O)N(Cc2ccncc2)C1. The number of likely N-dealkylation sites (tertiary alicyclic amines) is 1. The maximum Gasteiger partial charge on any atom is 0.228 e. The lowest BCUT2D eigenvalue weighted by Crippen LogP contribution is -2.39. The van der Waals surface area contributed by atoms with E-state index in [1.807, 2.05) is 22.4 Å². The van der Waals surface area contributed by atoms with E-state index in [0.717, 1.165) is 11.1 Å². The average Bonchev–Trinajstić information content (AvgIpc) is 3.24. The predicted molar refractivity (Wildman–Crippen MR) is 102 cm³/mol. The van der Waals surface area contributed by atoms with Crippen LogP contribution in [0.1, 0.15) is 31.4 Å². The summed E-state index contributed by atoms with van der Waals surface area (Å²) in [6.45, 7) is 6.60. The molecule has 2 amide bonds. The standard InChI is InChI=1S/C20H25N3O2S/c1-15(2)10-23(12-17-5-8-26-14-17)20(25)18-9-19(24)22(13-18)11-16-3-6-21-7-4-16/h3-8,14-15,18H,9-13H2,1-2H3/t18-/m0/s1. The van der Waals surface area contributed by atoms with Gasteiger partial charge in [0.05, 0.1) is 5.92 Å². The van der Waals surface area contributed by atoms with Gasteiger partial charge in [0.2, 0.25) is 11.8 Å². The molecule has 1 saturated heterocycles. The Hall–Kier alpha value is -2.21. The monoisotopic (exact) mass is 371 g/mol. The van der Waals surface area contributed by atoms with E-state index in [4.69, 9.17) is 0 Å². The van der Waals surface area contributed by atoms with Crippen LogP contribution in [0.3, 0.4) is 0 Å². The molecule has 0 saturated carbocycles. The van der Waals surface area contributed by atoms with E-state index < -0.39 is 0 Å². The Labute approximate surface area is 158 Å². The van der Waals surface area contributed by atoms with E-state index in [9.17, 15) is 9.59 Å². The molecule has 6 heteroatoms. The molecule has 0 N–H and O–H groups in total. The molecule has 1 fully saturated rings. The molecule has 1 atom stereocenters. The van der Waals surface area contributed by atoms with Crippen LogP contribution >= 0.6 is 11.3 Å². The average molecular weight is 372 g/mol. The van der Waals surface area contributed by atoms with Crippen LogP contribution in [0.4, 0.5) is 0 Å². The van der Waals surface area contributed by atoms with E-state index in [2.05, 4.69) is 30.3 Å². The minimum Gasteiger partial charge on any atom is -0.338 e. The minimum absolute atomic E-state index is 0.0557. The van der Waals surface area contributed by atoms with Crippen molar-refractivity contribution < 1.29 is 9.59 Å². The Kier molecular flexibility index (Phi) is 6.04. The van der Waals surface area contributed by atoms with Gasteiger partial charge >= 0.3 is 0 Å². The van der Waals surface area contributed by atoms with Crippen molar-refractivity contribution in [1.82, 2.24) is 14.8 Å². The van der Waals surface area contributed by atoms with Gasteiger partial charge in [-0.25, -0.2) is 0 Å². The van der Waals surface area contributed by atoms with Crippen molar-refractivity contribution in [2.45, 2.75) is 33.4 Å². The van der Waals surface area contributed by atoms with Gasteiger partial charge in [-0.05, 0) is 46.0 Å². The third-order valence-corrected chi connectivity index (χ3v) is 5.27. The van der Waals surface area contributed by atoms with Gasteiger partial charge in [-0.3, -0.25) is 14.6 Å². The first-order valence-electron chi connectivity index (χ1n) is 8.99. The van der Waals surface area contributed by atoms with Crippen LogP contribution in [0.25, 0.3) is 0 Å². The van der Waals surface area contributed by atoms with Gasteiger partial charge in [-0.2, -0.15) is 11.3 Å². The third kappa shape index (κ3) is 4.69. The molecule has 1 aliphatic rings. The first-order valence-corrected chi connectivity index (χ1v) is 9.93. The van der Waals surface area contributed by atoms with Crippen LogP contribution in [0, 0.1) is 11.8 Å². The van der Waals surface area contributed by atoms with Crippen molar-refractivity contribution in [3.63, 3.8) is 0 Å². The van der Waals surface area contributed by atoms with Crippen LogP contribution in [0.2, 0.25) is 0 Å².